The van der Waals surface area contributed by atoms with Crippen molar-refractivity contribution < 1.29 is 0 Å². The maximum absolute atomic E-state index is 4.74. The van der Waals surface area contributed by atoms with Crippen molar-refractivity contribution >= 4 is 11.9 Å². The molecule has 1 aliphatic rings. The van der Waals surface area contributed by atoms with E-state index in [1.54, 1.807) is 0 Å². The number of hydrogen-bond acceptors (Lipinski definition) is 3. The van der Waals surface area contributed by atoms with Gasteiger partial charge >= 0.3 is 0 Å². The van der Waals surface area contributed by atoms with Crippen molar-refractivity contribution in [1.29, 1.82) is 0 Å². The van der Waals surface area contributed by atoms with Gasteiger partial charge in [0.2, 0.25) is 0 Å². The lowest BCUT2D eigenvalue weighted by molar-refractivity contribution is 0.126. The minimum atomic E-state index is 0.990. The molecule has 1 heterocycles. The summed E-state index contributed by atoms with van der Waals surface area (Å²) in [4.78, 5) is 9.89. The summed E-state index contributed by atoms with van der Waals surface area (Å²) < 4.78 is 0. The normalized spacial score (nSPS) is 16.5. The molecule has 132 valence electrons. The lowest BCUT2D eigenvalue weighted by Gasteiger charge is -2.34. The first kappa shape index (κ1) is 17.8. The van der Waals surface area contributed by atoms with Gasteiger partial charge in [0, 0.05) is 38.9 Å². The smallest absolute Gasteiger partial charge is 0.0674 e. The summed E-state index contributed by atoms with van der Waals surface area (Å²) in [7, 11) is 0. The van der Waals surface area contributed by atoms with Crippen LogP contribution in [0.5, 0.6) is 0 Å². The standard InChI is InChI=1S/C22H29N3/c1-2-3-13-24-14-16-25(17-15-24)19-21-11-7-8-12-22(21)23-18-20-9-5-4-6-10-20/h4-12,18H,2-3,13-17,19H2,1H3. The van der Waals surface area contributed by atoms with E-state index in [-0.39, 0.29) is 0 Å². The van der Waals surface area contributed by atoms with Crippen molar-refractivity contribution in [3.8, 4) is 0 Å². The van der Waals surface area contributed by atoms with Crippen molar-refractivity contribution in [3.63, 3.8) is 0 Å². The van der Waals surface area contributed by atoms with E-state index in [0.717, 1.165) is 30.9 Å². The molecule has 2 aromatic rings. The number of piperazine rings is 1. The number of aliphatic imine (C=N–C) groups is 1. The summed E-state index contributed by atoms with van der Waals surface area (Å²) in [5, 5.41) is 0. The van der Waals surface area contributed by atoms with Crippen LogP contribution in [0.3, 0.4) is 0 Å². The van der Waals surface area contributed by atoms with Crippen molar-refractivity contribution in [2.75, 3.05) is 32.7 Å². The summed E-state index contributed by atoms with van der Waals surface area (Å²) in [5.74, 6) is 0. The van der Waals surface area contributed by atoms with Gasteiger partial charge < -0.3 is 4.90 Å². The maximum Gasteiger partial charge on any atom is 0.0674 e. The topological polar surface area (TPSA) is 18.8 Å². The number of unbranched alkanes of at least 4 members (excludes halogenated alkanes) is 1. The van der Waals surface area contributed by atoms with E-state index in [4.69, 9.17) is 4.99 Å². The third-order valence-corrected chi connectivity index (χ3v) is 4.83. The van der Waals surface area contributed by atoms with Gasteiger partial charge in [0.25, 0.3) is 0 Å². The molecule has 1 fully saturated rings. The van der Waals surface area contributed by atoms with E-state index in [1.165, 1.54) is 38.0 Å². The first-order valence-corrected chi connectivity index (χ1v) is 9.47. The monoisotopic (exact) mass is 335 g/mol. The maximum atomic E-state index is 4.74. The van der Waals surface area contributed by atoms with Gasteiger partial charge in [0.1, 0.15) is 0 Å². The summed E-state index contributed by atoms with van der Waals surface area (Å²) in [5.41, 5.74) is 3.54. The quantitative estimate of drug-likeness (QED) is 0.700. The zero-order valence-corrected chi connectivity index (χ0v) is 15.3. The molecule has 1 saturated heterocycles. The van der Waals surface area contributed by atoms with Gasteiger partial charge in [-0.05, 0) is 30.2 Å². The molecule has 0 aromatic heterocycles. The molecule has 0 spiro atoms. The molecule has 0 atom stereocenters. The van der Waals surface area contributed by atoms with Crippen LogP contribution in [0.2, 0.25) is 0 Å². The van der Waals surface area contributed by atoms with E-state index in [0.29, 0.717) is 0 Å². The fraction of sp³-hybridized carbons (Fsp3) is 0.409. The number of nitrogens with zero attached hydrogens (tertiary/aromatic N) is 3. The van der Waals surface area contributed by atoms with Gasteiger partial charge in [0.15, 0.2) is 0 Å². The Balaban J connectivity index is 1.59. The number of hydrogen-bond donors (Lipinski definition) is 0. The predicted molar refractivity (Wildman–Crippen MR) is 107 cm³/mol. The van der Waals surface area contributed by atoms with Crippen LogP contribution in [0.1, 0.15) is 30.9 Å². The molecule has 25 heavy (non-hydrogen) atoms. The Morgan fingerprint density at radius 3 is 2.32 bits per heavy atom. The number of benzene rings is 2. The number of rotatable bonds is 7. The first-order valence-electron chi connectivity index (χ1n) is 9.47. The summed E-state index contributed by atoms with van der Waals surface area (Å²) in [6.07, 6.45) is 4.56. The van der Waals surface area contributed by atoms with Crippen LogP contribution >= 0.6 is 0 Å². The van der Waals surface area contributed by atoms with Crippen molar-refractivity contribution in [2.45, 2.75) is 26.3 Å². The Morgan fingerprint density at radius 1 is 0.880 bits per heavy atom. The van der Waals surface area contributed by atoms with Gasteiger partial charge in [-0.25, -0.2) is 0 Å². The highest BCUT2D eigenvalue weighted by Gasteiger charge is 2.17. The summed E-state index contributed by atoms with van der Waals surface area (Å²) in [6.45, 7) is 9.20. The lowest BCUT2D eigenvalue weighted by Crippen LogP contribution is -2.46. The minimum Gasteiger partial charge on any atom is -0.301 e. The highest BCUT2D eigenvalue weighted by Crippen LogP contribution is 2.21. The molecule has 0 aliphatic carbocycles. The van der Waals surface area contributed by atoms with Crippen LogP contribution in [0.25, 0.3) is 0 Å². The second-order valence-corrected chi connectivity index (χ2v) is 6.77. The van der Waals surface area contributed by atoms with E-state index < -0.39 is 0 Å². The fourth-order valence-electron chi connectivity index (χ4n) is 3.25. The Labute approximate surface area is 152 Å². The molecule has 3 heteroatoms. The van der Waals surface area contributed by atoms with Gasteiger partial charge in [-0.1, -0.05) is 61.9 Å². The summed E-state index contributed by atoms with van der Waals surface area (Å²) in [6, 6.07) is 18.8. The van der Waals surface area contributed by atoms with Crippen molar-refractivity contribution in [2.24, 2.45) is 4.99 Å². The lowest BCUT2D eigenvalue weighted by atomic mass is 10.1. The predicted octanol–water partition coefficient (Wildman–Crippen LogP) is 4.35. The molecule has 3 nitrogen and oxygen atoms in total. The zero-order chi connectivity index (χ0) is 17.3. The van der Waals surface area contributed by atoms with Crippen LogP contribution in [-0.2, 0) is 6.54 Å². The number of para-hydroxylation sites is 1. The van der Waals surface area contributed by atoms with Gasteiger partial charge in [-0.2, -0.15) is 0 Å². The van der Waals surface area contributed by atoms with E-state index in [2.05, 4.69) is 53.1 Å². The Bertz CT molecular complexity index is 658. The SMILES string of the molecule is CCCCN1CCN(Cc2ccccc2N=Cc2ccccc2)CC1. The van der Waals surface area contributed by atoms with E-state index in [9.17, 15) is 0 Å². The highest BCUT2D eigenvalue weighted by atomic mass is 15.3. The average Bonchev–Trinajstić information content (AvgIpc) is 2.67. The molecule has 0 radical (unpaired) electrons. The Hall–Kier alpha value is -1.97. The molecule has 0 amide bonds. The van der Waals surface area contributed by atoms with E-state index in [1.807, 2.05) is 24.4 Å². The average molecular weight is 335 g/mol. The largest absolute Gasteiger partial charge is 0.301 e. The van der Waals surface area contributed by atoms with Crippen molar-refractivity contribution in [1.82, 2.24) is 9.80 Å². The van der Waals surface area contributed by atoms with Crippen LogP contribution in [0.15, 0.2) is 59.6 Å². The Morgan fingerprint density at radius 2 is 1.56 bits per heavy atom. The van der Waals surface area contributed by atoms with E-state index >= 15 is 0 Å². The van der Waals surface area contributed by atoms with Crippen LogP contribution in [0, 0.1) is 0 Å². The van der Waals surface area contributed by atoms with Crippen molar-refractivity contribution in [3.05, 3.63) is 65.7 Å². The third-order valence-electron chi connectivity index (χ3n) is 4.83. The first-order chi connectivity index (χ1) is 12.3. The molecule has 3 rings (SSSR count). The molecular formula is C22H29N3. The highest BCUT2D eigenvalue weighted by molar-refractivity contribution is 5.82. The van der Waals surface area contributed by atoms with Gasteiger partial charge in [-0.15, -0.1) is 0 Å². The van der Waals surface area contributed by atoms with Gasteiger partial charge in [0.05, 0.1) is 5.69 Å². The minimum absolute atomic E-state index is 0.990. The molecule has 0 unspecified atom stereocenters. The molecule has 0 N–H and O–H groups in total. The summed E-state index contributed by atoms with van der Waals surface area (Å²) >= 11 is 0. The van der Waals surface area contributed by atoms with Crippen LogP contribution in [-0.4, -0.2) is 48.7 Å². The molecule has 1 aliphatic heterocycles. The van der Waals surface area contributed by atoms with Crippen LogP contribution < -0.4 is 0 Å². The zero-order valence-electron chi connectivity index (χ0n) is 15.3. The second kappa shape index (κ2) is 9.50. The third kappa shape index (κ3) is 5.52. The van der Waals surface area contributed by atoms with Gasteiger partial charge in [-0.3, -0.25) is 9.89 Å². The van der Waals surface area contributed by atoms with Crippen LogP contribution in [0.4, 0.5) is 5.69 Å². The molecular weight excluding hydrogens is 306 g/mol. The molecule has 2 aromatic carbocycles. The fourth-order valence-corrected chi connectivity index (χ4v) is 3.25. The molecule has 0 bridgehead atoms. The second-order valence-electron chi connectivity index (χ2n) is 6.77. The Kier molecular flexibility index (Phi) is 6.78. The molecule has 0 saturated carbocycles.